The van der Waals surface area contributed by atoms with Crippen LogP contribution in [0.15, 0.2) is 11.4 Å². The summed E-state index contributed by atoms with van der Waals surface area (Å²) in [6.07, 6.45) is 2.53. The van der Waals surface area contributed by atoms with Gasteiger partial charge < -0.3 is 10.5 Å². The largest absolute Gasteiger partial charge is 0.380 e. The third-order valence-electron chi connectivity index (χ3n) is 4.66. The van der Waals surface area contributed by atoms with Crippen LogP contribution in [0.1, 0.15) is 43.2 Å². The normalized spacial score (nSPS) is 27.4. The van der Waals surface area contributed by atoms with Crippen LogP contribution in [0.2, 0.25) is 0 Å². The van der Waals surface area contributed by atoms with Gasteiger partial charge in [-0.05, 0) is 49.2 Å². The summed E-state index contributed by atoms with van der Waals surface area (Å²) in [6, 6.07) is 2.74. The summed E-state index contributed by atoms with van der Waals surface area (Å²) in [6.45, 7) is 8.78. The van der Waals surface area contributed by atoms with E-state index in [0.29, 0.717) is 18.1 Å². The SMILES string of the molecule is CCC(N)C(c1sccc1C)N1CCC(C)C(OC)C1. The molecule has 4 heteroatoms. The molecule has 20 heavy (non-hydrogen) atoms. The summed E-state index contributed by atoms with van der Waals surface area (Å²) in [5.74, 6) is 0.638. The third-order valence-corrected chi connectivity index (χ3v) is 5.75. The van der Waals surface area contributed by atoms with Crippen molar-refractivity contribution in [2.24, 2.45) is 11.7 Å². The second-order valence-corrected chi connectivity index (χ2v) is 6.97. The molecular weight excluding hydrogens is 268 g/mol. The van der Waals surface area contributed by atoms with E-state index in [9.17, 15) is 0 Å². The number of ether oxygens (including phenoxy) is 1. The fourth-order valence-electron chi connectivity index (χ4n) is 3.16. The van der Waals surface area contributed by atoms with Gasteiger partial charge in [0.2, 0.25) is 0 Å². The van der Waals surface area contributed by atoms with Crippen molar-refractivity contribution in [1.29, 1.82) is 0 Å². The Labute approximate surface area is 127 Å². The van der Waals surface area contributed by atoms with E-state index in [-0.39, 0.29) is 6.04 Å². The first-order chi connectivity index (χ1) is 9.58. The second-order valence-electron chi connectivity index (χ2n) is 6.02. The molecule has 4 unspecified atom stereocenters. The summed E-state index contributed by atoms with van der Waals surface area (Å²) >= 11 is 1.84. The van der Waals surface area contributed by atoms with Gasteiger partial charge in [-0.25, -0.2) is 0 Å². The molecule has 1 aromatic rings. The van der Waals surface area contributed by atoms with Crippen molar-refractivity contribution in [3.63, 3.8) is 0 Å². The van der Waals surface area contributed by atoms with Crippen molar-refractivity contribution in [2.45, 2.75) is 51.8 Å². The van der Waals surface area contributed by atoms with Crippen LogP contribution in [0.3, 0.4) is 0 Å². The Morgan fingerprint density at radius 1 is 1.55 bits per heavy atom. The molecule has 2 rings (SSSR count). The zero-order valence-electron chi connectivity index (χ0n) is 13.1. The number of aryl methyl sites for hydroxylation is 1. The summed E-state index contributed by atoms with van der Waals surface area (Å²) in [7, 11) is 1.83. The average Bonchev–Trinajstić information content (AvgIpc) is 2.86. The van der Waals surface area contributed by atoms with Gasteiger partial charge in [-0.15, -0.1) is 11.3 Å². The first-order valence-corrected chi connectivity index (χ1v) is 8.52. The highest BCUT2D eigenvalue weighted by Gasteiger charge is 2.34. The van der Waals surface area contributed by atoms with Crippen LogP contribution >= 0.6 is 11.3 Å². The number of piperidine rings is 1. The molecule has 0 aromatic carbocycles. The molecule has 0 aliphatic carbocycles. The molecule has 1 aromatic heterocycles. The minimum atomic E-state index is 0.193. The molecule has 0 amide bonds. The molecule has 2 N–H and O–H groups in total. The smallest absolute Gasteiger partial charge is 0.0724 e. The molecular formula is C16H28N2OS. The number of thiophene rings is 1. The summed E-state index contributed by atoms with van der Waals surface area (Å²) in [4.78, 5) is 3.98. The second kappa shape index (κ2) is 7.03. The Balaban J connectivity index is 2.22. The van der Waals surface area contributed by atoms with E-state index in [1.165, 1.54) is 16.9 Å². The number of hydrogen-bond donors (Lipinski definition) is 1. The van der Waals surface area contributed by atoms with Gasteiger partial charge in [-0.1, -0.05) is 13.8 Å². The quantitative estimate of drug-likeness (QED) is 0.907. The first-order valence-electron chi connectivity index (χ1n) is 7.64. The highest BCUT2D eigenvalue weighted by atomic mass is 32.1. The van der Waals surface area contributed by atoms with Gasteiger partial charge in [0.1, 0.15) is 0 Å². The van der Waals surface area contributed by atoms with Crippen molar-refractivity contribution in [3.05, 3.63) is 21.9 Å². The monoisotopic (exact) mass is 296 g/mol. The number of methoxy groups -OCH3 is 1. The Morgan fingerprint density at radius 3 is 2.85 bits per heavy atom. The molecule has 1 aliphatic rings. The van der Waals surface area contributed by atoms with Crippen LogP contribution < -0.4 is 5.73 Å². The minimum Gasteiger partial charge on any atom is -0.380 e. The first kappa shape index (κ1) is 16.0. The molecule has 4 atom stereocenters. The molecule has 3 nitrogen and oxygen atoms in total. The van der Waals surface area contributed by atoms with Gasteiger partial charge in [0.25, 0.3) is 0 Å². The van der Waals surface area contributed by atoms with E-state index < -0.39 is 0 Å². The van der Waals surface area contributed by atoms with E-state index in [4.69, 9.17) is 10.5 Å². The van der Waals surface area contributed by atoms with Crippen LogP contribution in [-0.4, -0.2) is 37.2 Å². The van der Waals surface area contributed by atoms with Crippen molar-refractivity contribution < 1.29 is 4.74 Å². The van der Waals surface area contributed by atoms with Crippen LogP contribution in [0.25, 0.3) is 0 Å². The minimum absolute atomic E-state index is 0.193. The Kier molecular flexibility index (Phi) is 5.61. The van der Waals surface area contributed by atoms with Crippen molar-refractivity contribution in [1.82, 2.24) is 4.90 Å². The fourth-order valence-corrected chi connectivity index (χ4v) is 4.29. The molecule has 1 fully saturated rings. The maximum Gasteiger partial charge on any atom is 0.0724 e. The van der Waals surface area contributed by atoms with Crippen molar-refractivity contribution in [3.8, 4) is 0 Å². The average molecular weight is 296 g/mol. The lowest BCUT2D eigenvalue weighted by atomic mass is 9.92. The molecule has 114 valence electrons. The van der Waals surface area contributed by atoms with Gasteiger partial charge in [0.15, 0.2) is 0 Å². The Bertz CT molecular complexity index is 420. The van der Waals surface area contributed by atoms with E-state index in [2.05, 4.69) is 37.1 Å². The van der Waals surface area contributed by atoms with E-state index in [1.54, 1.807) is 0 Å². The number of nitrogens with zero attached hydrogens (tertiary/aromatic N) is 1. The zero-order chi connectivity index (χ0) is 14.7. The number of rotatable bonds is 5. The number of nitrogens with two attached hydrogens (primary N) is 1. The predicted octanol–water partition coefficient (Wildman–Crippen LogP) is 3.19. The topological polar surface area (TPSA) is 38.5 Å². The Morgan fingerprint density at radius 2 is 2.30 bits per heavy atom. The van der Waals surface area contributed by atoms with E-state index in [1.807, 2.05) is 18.4 Å². The molecule has 1 saturated heterocycles. The molecule has 0 bridgehead atoms. The number of hydrogen-bond acceptors (Lipinski definition) is 4. The highest BCUT2D eigenvalue weighted by molar-refractivity contribution is 7.10. The van der Waals surface area contributed by atoms with Crippen molar-refractivity contribution in [2.75, 3.05) is 20.2 Å². The summed E-state index contributed by atoms with van der Waals surface area (Å²) in [5, 5.41) is 2.18. The van der Waals surface area contributed by atoms with Gasteiger partial charge >= 0.3 is 0 Å². The van der Waals surface area contributed by atoms with Crippen molar-refractivity contribution >= 4 is 11.3 Å². The van der Waals surface area contributed by atoms with E-state index in [0.717, 1.165) is 19.5 Å². The maximum absolute atomic E-state index is 6.45. The van der Waals surface area contributed by atoms with Gasteiger partial charge in [0, 0.05) is 24.6 Å². The molecule has 2 heterocycles. The van der Waals surface area contributed by atoms with Crippen LogP contribution in [0.4, 0.5) is 0 Å². The molecule has 1 aliphatic heterocycles. The number of likely N-dealkylation sites (tertiary alicyclic amines) is 1. The van der Waals surface area contributed by atoms with Crippen LogP contribution in [-0.2, 0) is 4.74 Å². The van der Waals surface area contributed by atoms with Crippen LogP contribution in [0, 0.1) is 12.8 Å². The van der Waals surface area contributed by atoms with Gasteiger partial charge in [-0.2, -0.15) is 0 Å². The lowest BCUT2D eigenvalue weighted by Crippen LogP contribution is -2.49. The lowest BCUT2D eigenvalue weighted by Gasteiger charge is -2.42. The van der Waals surface area contributed by atoms with E-state index >= 15 is 0 Å². The molecule has 0 saturated carbocycles. The molecule has 0 radical (unpaired) electrons. The summed E-state index contributed by atoms with van der Waals surface area (Å²) < 4.78 is 5.67. The molecule has 0 spiro atoms. The highest BCUT2D eigenvalue weighted by Crippen LogP contribution is 2.35. The fraction of sp³-hybridized carbons (Fsp3) is 0.750. The maximum atomic E-state index is 6.45. The standard InChI is InChI=1S/C16H28N2OS/c1-5-13(17)15(16-12(3)7-9-20-16)18-8-6-11(2)14(10-18)19-4/h7,9,11,13-15H,5-6,8,10,17H2,1-4H3. The zero-order valence-corrected chi connectivity index (χ0v) is 14.0. The lowest BCUT2D eigenvalue weighted by molar-refractivity contribution is -0.0229. The predicted molar refractivity (Wildman–Crippen MR) is 86.2 cm³/mol. The Hall–Kier alpha value is -0.420. The summed E-state index contributed by atoms with van der Waals surface area (Å²) in [5.41, 5.74) is 7.83. The third kappa shape index (κ3) is 3.25. The van der Waals surface area contributed by atoms with Gasteiger partial charge in [-0.3, -0.25) is 4.90 Å². The van der Waals surface area contributed by atoms with Crippen LogP contribution in [0.5, 0.6) is 0 Å². The van der Waals surface area contributed by atoms with Gasteiger partial charge in [0.05, 0.1) is 12.1 Å².